The summed E-state index contributed by atoms with van der Waals surface area (Å²) in [6.45, 7) is 4.45. The van der Waals surface area contributed by atoms with Crippen molar-refractivity contribution < 1.29 is 19.1 Å². The number of nitrogens with two attached hydrogens (primary N) is 1. The number of carbonyl (C=O) groups excluding carboxylic acids is 2. The van der Waals surface area contributed by atoms with Crippen molar-refractivity contribution in [2.75, 3.05) is 6.61 Å². The highest BCUT2D eigenvalue weighted by atomic mass is 35.5. The average molecular weight is 546 g/mol. The second-order valence-electron chi connectivity index (χ2n) is 9.59. The van der Waals surface area contributed by atoms with Gasteiger partial charge in [-0.05, 0) is 73.9 Å². The van der Waals surface area contributed by atoms with Gasteiger partial charge in [-0.15, -0.1) is 0 Å². The van der Waals surface area contributed by atoms with Crippen molar-refractivity contribution in [1.82, 2.24) is 10.6 Å². The standard InChI is InChI=1S/C31H32ClN3O4/c1-19-3-7-22(8-4-19)20(2)34-17-26-12-14-29(39-26)24-11-13-28(32)27(16-24)31(38)35-25(18-36)15-21-5-9-23(10-6-21)30(33)37/h3-14,16,20,25,34,36H,15,17-18H2,1-2H3,(H2,33,37)(H,35,38). The van der Waals surface area contributed by atoms with Crippen LogP contribution in [0.5, 0.6) is 0 Å². The van der Waals surface area contributed by atoms with Gasteiger partial charge in [-0.1, -0.05) is 53.6 Å². The Kier molecular flexibility index (Phi) is 9.19. The summed E-state index contributed by atoms with van der Waals surface area (Å²) in [5, 5.41) is 16.5. The van der Waals surface area contributed by atoms with Gasteiger partial charge >= 0.3 is 0 Å². The summed E-state index contributed by atoms with van der Waals surface area (Å²) in [6, 6.07) is 23.7. The first-order valence-corrected chi connectivity index (χ1v) is 13.1. The molecule has 39 heavy (non-hydrogen) atoms. The number of hydrogen-bond donors (Lipinski definition) is 4. The van der Waals surface area contributed by atoms with E-state index in [0.717, 1.165) is 11.3 Å². The predicted molar refractivity (Wildman–Crippen MR) is 153 cm³/mol. The molecule has 0 aliphatic rings. The summed E-state index contributed by atoms with van der Waals surface area (Å²) in [6.07, 6.45) is 0.369. The van der Waals surface area contributed by atoms with Crippen LogP contribution in [0.15, 0.2) is 83.3 Å². The molecule has 0 aliphatic carbocycles. The summed E-state index contributed by atoms with van der Waals surface area (Å²) < 4.78 is 6.05. The highest BCUT2D eigenvalue weighted by Crippen LogP contribution is 2.27. The topological polar surface area (TPSA) is 118 Å². The highest BCUT2D eigenvalue weighted by molar-refractivity contribution is 6.34. The molecule has 2 unspecified atom stereocenters. The number of halogens is 1. The van der Waals surface area contributed by atoms with Crippen molar-refractivity contribution in [2.45, 2.75) is 38.9 Å². The number of aryl methyl sites for hydroxylation is 1. The fourth-order valence-corrected chi connectivity index (χ4v) is 4.42. The maximum atomic E-state index is 13.1. The van der Waals surface area contributed by atoms with Gasteiger partial charge in [-0.25, -0.2) is 0 Å². The molecule has 0 saturated heterocycles. The number of carbonyl (C=O) groups is 2. The van der Waals surface area contributed by atoms with Crippen LogP contribution in [0.1, 0.15) is 56.1 Å². The van der Waals surface area contributed by atoms with Crippen LogP contribution in [0.3, 0.4) is 0 Å². The van der Waals surface area contributed by atoms with Gasteiger partial charge in [0.15, 0.2) is 0 Å². The van der Waals surface area contributed by atoms with Crippen molar-refractivity contribution in [3.8, 4) is 11.3 Å². The van der Waals surface area contributed by atoms with Gasteiger partial charge in [0.1, 0.15) is 11.5 Å². The molecule has 4 aromatic rings. The summed E-state index contributed by atoms with van der Waals surface area (Å²) in [4.78, 5) is 24.4. The third-order valence-electron chi connectivity index (χ3n) is 6.59. The summed E-state index contributed by atoms with van der Waals surface area (Å²) >= 11 is 6.36. The number of aliphatic hydroxyl groups is 1. The largest absolute Gasteiger partial charge is 0.460 e. The van der Waals surface area contributed by atoms with Crippen LogP contribution in [0, 0.1) is 6.92 Å². The maximum Gasteiger partial charge on any atom is 0.253 e. The van der Waals surface area contributed by atoms with E-state index >= 15 is 0 Å². The molecule has 202 valence electrons. The summed E-state index contributed by atoms with van der Waals surface area (Å²) in [5.74, 6) is 0.469. The maximum absolute atomic E-state index is 13.1. The Balaban J connectivity index is 1.40. The van der Waals surface area contributed by atoms with E-state index in [0.29, 0.717) is 34.9 Å². The minimum Gasteiger partial charge on any atom is -0.460 e. The molecule has 0 spiro atoms. The smallest absolute Gasteiger partial charge is 0.253 e. The summed E-state index contributed by atoms with van der Waals surface area (Å²) in [5.41, 5.74) is 9.93. The molecule has 0 bridgehead atoms. The zero-order chi connectivity index (χ0) is 27.9. The summed E-state index contributed by atoms with van der Waals surface area (Å²) in [7, 11) is 0. The Morgan fingerprint density at radius 1 is 1.00 bits per heavy atom. The number of benzene rings is 3. The second-order valence-corrected chi connectivity index (χ2v) is 10.00. The molecule has 8 heteroatoms. The Morgan fingerprint density at radius 2 is 1.72 bits per heavy atom. The van der Waals surface area contributed by atoms with Gasteiger partial charge in [0.05, 0.1) is 29.8 Å². The Labute approximate surface area is 233 Å². The molecule has 5 N–H and O–H groups in total. The van der Waals surface area contributed by atoms with E-state index in [2.05, 4.69) is 48.7 Å². The van der Waals surface area contributed by atoms with Gasteiger partial charge in [0.25, 0.3) is 5.91 Å². The Hall–Kier alpha value is -3.91. The monoisotopic (exact) mass is 545 g/mol. The van der Waals surface area contributed by atoms with E-state index in [1.165, 1.54) is 11.1 Å². The van der Waals surface area contributed by atoms with Crippen molar-refractivity contribution >= 4 is 23.4 Å². The predicted octanol–water partition coefficient (Wildman–Crippen LogP) is 5.19. The molecule has 4 rings (SSSR count). The van der Waals surface area contributed by atoms with E-state index < -0.39 is 17.9 Å². The van der Waals surface area contributed by atoms with Crippen LogP contribution >= 0.6 is 11.6 Å². The Morgan fingerprint density at radius 3 is 2.38 bits per heavy atom. The van der Waals surface area contributed by atoms with Gasteiger partial charge < -0.3 is 25.9 Å². The van der Waals surface area contributed by atoms with Crippen LogP contribution in [-0.2, 0) is 13.0 Å². The van der Waals surface area contributed by atoms with Gasteiger partial charge in [-0.2, -0.15) is 0 Å². The molecular formula is C31H32ClN3O4. The van der Waals surface area contributed by atoms with Crippen molar-refractivity contribution in [1.29, 1.82) is 0 Å². The first-order chi connectivity index (χ1) is 18.7. The molecule has 1 heterocycles. The third-order valence-corrected chi connectivity index (χ3v) is 6.92. The van der Waals surface area contributed by atoms with Gasteiger partial charge in [0, 0.05) is 17.2 Å². The van der Waals surface area contributed by atoms with Crippen LogP contribution < -0.4 is 16.4 Å². The molecule has 2 atom stereocenters. The Bertz CT molecular complexity index is 1430. The highest BCUT2D eigenvalue weighted by Gasteiger charge is 2.18. The lowest BCUT2D eigenvalue weighted by Crippen LogP contribution is -2.39. The number of nitrogens with one attached hydrogen (secondary N) is 2. The average Bonchev–Trinajstić information content (AvgIpc) is 3.41. The third kappa shape index (κ3) is 7.35. The van der Waals surface area contributed by atoms with Gasteiger partial charge in [-0.3, -0.25) is 9.59 Å². The molecule has 1 aromatic heterocycles. The van der Waals surface area contributed by atoms with E-state index in [1.807, 2.05) is 12.1 Å². The zero-order valence-corrected chi connectivity index (χ0v) is 22.7. The lowest BCUT2D eigenvalue weighted by Gasteiger charge is -2.17. The quantitative estimate of drug-likeness (QED) is 0.207. The molecule has 3 aromatic carbocycles. The lowest BCUT2D eigenvalue weighted by molar-refractivity contribution is 0.0916. The molecule has 7 nitrogen and oxygen atoms in total. The fraction of sp³-hybridized carbons (Fsp3) is 0.226. The van der Waals surface area contributed by atoms with Crippen LogP contribution in [0.2, 0.25) is 5.02 Å². The normalized spacial score (nSPS) is 12.6. The molecular weight excluding hydrogens is 514 g/mol. The number of amides is 2. The molecule has 0 radical (unpaired) electrons. The van der Waals surface area contributed by atoms with Crippen LogP contribution in [0.25, 0.3) is 11.3 Å². The van der Waals surface area contributed by atoms with E-state index in [9.17, 15) is 14.7 Å². The number of aliphatic hydroxyl groups excluding tert-OH is 1. The van der Waals surface area contributed by atoms with Crippen molar-refractivity contribution in [3.63, 3.8) is 0 Å². The fourth-order valence-electron chi connectivity index (χ4n) is 4.22. The number of hydrogen-bond acceptors (Lipinski definition) is 5. The van der Waals surface area contributed by atoms with E-state index in [4.69, 9.17) is 21.8 Å². The number of rotatable bonds is 11. The minimum absolute atomic E-state index is 0.158. The number of primary amides is 1. The zero-order valence-electron chi connectivity index (χ0n) is 21.9. The minimum atomic E-state index is -0.548. The van der Waals surface area contributed by atoms with Crippen LogP contribution in [0.4, 0.5) is 0 Å². The lowest BCUT2D eigenvalue weighted by atomic mass is 10.0. The van der Waals surface area contributed by atoms with Crippen molar-refractivity contribution in [3.05, 3.63) is 117 Å². The van der Waals surface area contributed by atoms with Gasteiger partial charge in [0.2, 0.25) is 5.91 Å². The first kappa shape index (κ1) is 28.1. The SMILES string of the molecule is Cc1ccc(C(C)NCc2ccc(-c3ccc(Cl)c(C(=O)NC(CO)Cc4ccc(C(N)=O)cc4)c3)o2)cc1. The van der Waals surface area contributed by atoms with E-state index in [1.54, 1.807) is 42.5 Å². The van der Waals surface area contributed by atoms with E-state index in [-0.39, 0.29) is 18.2 Å². The molecule has 0 aliphatic heterocycles. The number of furan rings is 1. The molecule has 0 saturated carbocycles. The van der Waals surface area contributed by atoms with Crippen molar-refractivity contribution in [2.24, 2.45) is 5.73 Å². The molecule has 0 fully saturated rings. The first-order valence-electron chi connectivity index (χ1n) is 12.7. The second kappa shape index (κ2) is 12.8. The molecule has 2 amide bonds. The van der Waals surface area contributed by atoms with Crippen LogP contribution in [-0.4, -0.2) is 29.6 Å².